The van der Waals surface area contributed by atoms with Gasteiger partial charge in [0.15, 0.2) is 0 Å². The van der Waals surface area contributed by atoms with E-state index in [2.05, 4.69) is 38.8 Å². The third kappa shape index (κ3) is 11.9. The van der Waals surface area contributed by atoms with E-state index < -0.39 is 34.8 Å². The molecule has 17 nitrogen and oxygen atoms in total. The Morgan fingerprint density at radius 1 is 0.725 bits per heavy atom. The largest absolute Gasteiger partial charge is 0.508 e. The Kier molecular flexibility index (Phi) is 16.0. The van der Waals surface area contributed by atoms with Crippen molar-refractivity contribution in [2.75, 3.05) is 37.1 Å². The number of urea groups is 1. The van der Waals surface area contributed by atoms with Crippen molar-refractivity contribution in [1.82, 2.24) is 21.3 Å². The molecule has 5 unspecified atom stereocenters. The van der Waals surface area contributed by atoms with E-state index in [4.69, 9.17) is 15.2 Å². The van der Waals surface area contributed by atoms with Crippen molar-refractivity contribution in [1.29, 1.82) is 0 Å². The third-order valence-corrected chi connectivity index (χ3v) is 15.4. The standard InChI is InChI=1S/C52H67N7O10/c1-50-23-7-24-52(3,47(65)59-46(64)51(2)22-6-8-38-39-27-37(60)19-13-33(39)14-20-40(38)51)42(50)21-15-34-12-18-36(26-41(34)50)58-45(63)30-68-31-56-44(62)28-55-49(67)69-29-32-10-16-35(17-11-32)57-43(61)9-4-5-25-54-48(53)66/h10-13,16-19,26-27,38,40,42,60H,4-9,14-15,20-25,28-31H2,1-3H3,(H,55,67)(H,56,62)(H,57,61)(H,58,63)(H3,53,54,66)(H,59,64,65)/t38?,40?,42?,50?,51?,52-/m0/s1. The van der Waals surface area contributed by atoms with Crippen molar-refractivity contribution in [3.63, 3.8) is 0 Å². The Hall–Kier alpha value is -6.49. The molecule has 3 aromatic carbocycles. The number of phenols is 1. The number of aromatic hydroxyl groups is 1. The average Bonchev–Trinajstić information content (AvgIpc) is 3.32. The quantitative estimate of drug-likeness (QED) is 0.0425. The maximum Gasteiger partial charge on any atom is 0.407 e. The summed E-state index contributed by atoms with van der Waals surface area (Å²) < 4.78 is 10.6. The summed E-state index contributed by atoms with van der Waals surface area (Å²) in [4.78, 5) is 89.3. The van der Waals surface area contributed by atoms with Crippen LogP contribution in [0.2, 0.25) is 0 Å². The molecule has 0 radical (unpaired) electrons. The van der Waals surface area contributed by atoms with Gasteiger partial charge in [0.2, 0.25) is 29.5 Å². The second kappa shape index (κ2) is 21.9. The van der Waals surface area contributed by atoms with Crippen LogP contribution in [0.5, 0.6) is 5.75 Å². The number of unbranched alkanes of at least 4 members (excludes halogenated alkanes) is 1. The molecule has 6 atom stereocenters. The molecule has 0 heterocycles. The van der Waals surface area contributed by atoms with Crippen LogP contribution in [0.3, 0.4) is 0 Å². The number of imide groups is 1. The molecule has 4 aliphatic rings. The van der Waals surface area contributed by atoms with Crippen LogP contribution in [-0.4, -0.2) is 73.2 Å². The first-order valence-electron chi connectivity index (χ1n) is 24.3. The molecule has 17 heteroatoms. The number of aryl methyl sites for hydroxylation is 2. The number of alkyl carbamates (subject to hydrolysis) is 1. The van der Waals surface area contributed by atoms with E-state index in [0.29, 0.717) is 49.2 Å². The maximum atomic E-state index is 14.5. The Balaban J connectivity index is 0.832. The fourth-order valence-electron chi connectivity index (χ4n) is 11.8. The van der Waals surface area contributed by atoms with Gasteiger partial charge in [0.25, 0.3) is 0 Å². The van der Waals surface area contributed by atoms with Crippen LogP contribution in [0.15, 0.2) is 60.7 Å². The molecular formula is C52H67N7O10. The smallest absolute Gasteiger partial charge is 0.407 e. The summed E-state index contributed by atoms with van der Waals surface area (Å²) in [6.07, 6.45) is 8.83. The van der Waals surface area contributed by atoms with E-state index in [9.17, 15) is 38.7 Å². The maximum absolute atomic E-state index is 14.5. The molecule has 7 rings (SSSR count). The predicted octanol–water partition coefficient (Wildman–Crippen LogP) is 6.31. The number of carbonyl (C=O) groups is 7. The van der Waals surface area contributed by atoms with Gasteiger partial charge in [0, 0.05) is 24.3 Å². The molecule has 3 aromatic rings. The Bertz CT molecular complexity index is 2430. The zero-order valence-electron chi connectivity index (χ0n) is 39.9. The van der Waals surface area contributed by atoms with Gasteiger partial charge in [-0.15, -0.1) is 0 Å². The van der Waals surface area contributed by atoms with E-state index >= 15 is 0 Å². The first-order chi connectivity index (χ1) is 33.0. The predicted molar refractivity (Wildman–Crippen MR) is 258 cm³/mol. The van der Waals surface area contributed by atoms with Crippen molar-refractivity contribution in [3.05, 3.63) is 88.5 Å². The van der Waals surface area contributed by atoms with Gasteiger partial charge < -0.3 is 46.9 Å². The highest BCUT2D eigenvalue weighted by Crippen LogP contribution is 2.58. The topological polar surface area (TPSA) is 256 Å². The highest BCUT2D eigenvalue weighted by Gasteiger charge is 2.57. The fourth-order valence-corrected chi connectivity index (χ4v) is 11.8. The molecule has 9 N–H and O–H groups in total. The van der Waals surface area contributed by atoms with Gasteiger partial charge in [-0.05, 0) is 152 Å². The lowest BCUT2D eigenvalue weighted by Gasteiger charge is -2.55. The lowest BCUT2D eigenvalue weighted by atomic mass is 9.49. The van der Waals surface area contributed by atoms with E-state index in [-0.39, 0.29) is 79.5 Å². The van der Waals surface area contributed by atoms with Crippen LogP contribution in [-0.2, 0) is 58.3 Å². The molecule has 2 saturated carbocycles. The van der Waals surface area contributed by atoms with Gasteiger partial charge in [0.05, 0.1) is 10.8 Å². The molecule has 0 spiro atoms. The van der Waals surface area contributed by atoms with Crippen LogP contribution in [0.25, 0.3) is 0 Å². The fraction of sp³-hybridized carbons (Fsp3) is 0.519. The molecule has 4 aliphatic carbocycles. The van der Waals surface area contributed by atoms with E-state index in [1.807, 2.05) is 44.2 Å². The zero-order valence-corrected chi connectivity index (χ0v) is 39.9. The first-order valence-corrected chi connectivity index (χ1v) is 24.3. The normalized spacial score (nSPS) is 24.4. The second-order valence-corrected chi connectivity index (χ2v) is 19.9. The van der Waals surface area contributed by atoms with Gasteiger partial charge in [-0.2, -0.15) is 0 Å². The number of primary amides is 1. The summed E-state index contributed by atoms with van der Waals surface area (Å²) in [5.74, 6) is -1.10. The van der Waals surface area contributed by atoms with Crippen LogP contribution in [0.1, 0.15) is 125 Å². The summed E-state index contributed by atoms with van der Waals surface area (Å²) in [6, 6.07) is 17.6. The molecule has 0 aromatic heterocycles. The van der Waals surface area contributed by atoms with Crippen molar-refractivity contribution < 1.29 is 48.1 Å². The summed E-state index contributed by atoms with van der Waals surface area (Å²) >= 11 is 0. The van der Waals surface area contributed by atoms with Gasteiger partial charge in [-0.1, -0.05) is 57.9 Å². The first kappa shape index (κ1) is 50.4. The van der Waals surface area contributed by atoms with Crippen molar-refractivity contribution in [3.8, 4) is 5.75 Å². The minimum atomic E-state index is -0.813. The third-order valence-electron chi connectivity index (χ3n) is 15.4. The number of phenolic OH excluding ortho intramolecular Hbond substituents is 1. The van der Waals surface area contributed by atoms with Crippen LogP contribution < -0.4 is 37.6 Å². The summed E-state index contributed by atoms with van der Waals surface area (Å²) in [5.41, 5.74) is 9.62. The van der Waals surface area contributed by atoms with Gasteiger partial charge in [0.1, 0.15) is 32.2 Å². The van der Waals surface area contributed by atoms with Crippen LogP contribution in [0.4, 0.5) is 21.0 Å². The Labute approximate surface area is 403 Å². The highest BCUT2D eigenvalue weighted by molar-refractivity contribution is 6.01. The number of benzene rings is 3. The number of nitrogens with two attached hydrogens (primary N) is 1. The second-order valence-electron chi connectivity index (χ2n) is 19.9. The Morgan fingerprint density at radius 2 is 1.43 bits per heavy atom. The van der Waals surface area contributed by atoms with Gasteiger partial charge in [-0.25, -0.2) is 9.59 Å². The number of amides is 8. The van der Waals surface area contributed by atoms with Crippen LogP contribution in [0, 0.1) is 22.7 Å². The van der Waals surface area contributed by atoms with Gasteiger partial charge >= 0.3 is 12.1 Å². The van der Waals surface area contributed by atoms with Crippen LogP contribution >= 0.6 is 0 Å². The summed E-state index contributed by atoms with van der Waals surface area (Å²) in [5, 5.41) is 26.3. The average molecular weight is 950 g/mol. The number of fused-ring (bicyclic) bond motifs is 6. The number of anilines is 2. The monoisotopic (exact) mass is 949 g/mol. The number of hydrogen-bond donors (Lipinski definition) is 8. The zero-order chi connectivity index (χ0) is 49.3. The van der Waals surface area contributed by atoms with E-state index in [1.54, 1.807) is 30.3 Å². The molecule has 0 bridgehead atoms. The number of ether oxygens (including phenoxy) is 2. The van der Waals surface area contributed by atoms with Gasteiger partial charge in [-0.3, -0.25) is 29.3 Å². The molecular weight excluding hydrogens is 883 g/mol. The minimum absolute atomic E-state index is 0.0349. The van der Waals surface area contributed by atoms with Crippen molar-refractivity contribution in [2.24, 2.45) is 28.4 Å². The lowest BCUT2D eigenvalue weighted by molar-refractivity contribution is -0.149. The van der Waals surface area contributed by atoms with Crippen molar-refractivity contribution in [2.45, 2.75) is 122 Å². The molecule has 2 fully saturated rings. The number of hydrogen-bond acceptors (Lipinski definition) is 10. The summed E-state index contributed by atoms with van der Waals surface area (Å²) in [7, 11) is 0. The SMILES string of the molecule is CC1(C(=O)NC(=O)[C@@]2(C)CCCC3(C)c4cc(NC(=O)COCNC(=O)CNC(=O)OCc5ccc(NC(=O)CCCCNC(N)=O)cc5)ccc4CCC32)CCCC2c3cc(O)ccc3CCC21. The number of rotatable bonds is 17. The molecule has 0 aliphatic heterocycles. The molecule has 8 amide bonds. The summed E-state index contributed by atoms with van der Waals surface area (Å²) in [6.45, 7) is 5.59. The van der Waals surface area contributed by atoms with Crippen molar-refractivity contribution >= 4 is 53.0 Å². The number of nitrogens with one attached hydrogen (secondary N) is 6. The molecule has 69 heavy (non-hydrogen) atoms. The minimum Gasteiger partial charge on any atom is -0.508 e. The van der Waals surface area contributed by atoms with E-state index in [0.717, 1.165) is 62.5 Å². The van der Waals surface area contributed by atoms with E-state index in [1.165, 1.54) is 11.1 Å². The number of carbonyl (C=O) groups excluding carboxylic acids is 7. The molecule has 0 saturated heterocycles. The highest BCUT2D eigenvalue weighted by atomic mass is 16.5. The Morgan fingerprint density at radius 3 is 2.22 bits per heavy atom. The molecule has 370 valence electrons. The lowest BCUT2D eigenvalue weighted by Crippen LogP contribution is -2.58.